The summed E-state index contributed by atoms with van der Waals surface area (Å²) in [7, 11) is 0. The van der Waals surface area contributed by atoms with Gasteiger partial charge in [0.2, 0.25) is 0 Å². The van der Waals surface area contributed by atoms with Crippen LogP contribution in [0.25, 0.3) is 10.8 Å². The Kier molecular flexibility index (Phi) is 3.33. The summed E-state index contributed by atoms with van der Waals surface area (Å²) in [6.07, 6.45) is 5.16. The summed E-state index contributed by atoms with van der Waals surface area (Å²) in [5.41, 5.74) is 1.15. The summed E-state index contributed by atoms with van der Waals surface area (Å²) in [6, 6.07) is 12.4. The smallest absolute Gasteiger partial charge is 0.123 e. The van der Waals surface area contributed by atoms with Crippen molar-refractivity contribution in [1.82, 2.24) is 0 Å². The summed E-state index contributed by atoms with van der Waals surface area (Å²) in [5, 5.41) is 15.7. The Morgan fingerprint density at radius 3 is 2.74 bits per heavy atom. The standard InChI is InChI=1S/C17H21NO/c1-2-12-6-3-9-15(12)18-16-10-4-8-14-13(16)7-5-11-17(14)19/h4-5,7-8,10-12,15,18-19H,2-3,6,9H2,1H3. The molecule has 1 fully saturated rings. The van der Waals surface area contributed by atoms with Crippen molar-refractivity contribution in [2.45, 2.75) is 38.6 Å². The van der Waals surface area contributed by atoms with Crippen molar-refractivity contribution >= 4 is 16.5 Å². The average Bonchev–Trinajstić information content (AvgIpc) is 2.87. The number of phenolic OH excluding ortho intramolecular Hbond substituents is 1. The highest BCUT2D eigenvalue weighted by atomic mass is 16.3. The van der Waals surface area contributed by atoms with Crippen LogP contribution >= 0.6 is 0 Å². The largest absolute Gasteiger partial charge is 0.507 e. The van der Waals surface area contributed by atoms with E-state index in [-0.39, 0.29) is 0 Å². The third-order valence-corrected chi connectivity index (χ3v) is 4.42. The van der Waals surface area contributed by atoms with Crippen LogP contribution in [-0.2, 0) is 0 Å². The van der Waals surface area contributed by atoms with Crippen LogP contribution in [0.2, 0.25) is 0 Å². The van der Waals surface area contributed by atoms with Gasteiger partial charge in [0.05, 0.1) is 0 Å². The molecule has 2 nitrogen and oxygen atoms in total. The van der Waals surface area contributed by atoms with E-state index in [4.69, 9.17) is 0 Å². The molecule has 3 rings (SSSR count). The number of aromatic hydroxyl groups is 1. The van der Waals surface area contributed by atoms with E-state index in [2.05, 4.69) is 24.4 Å². The van der Waals surface area contributed by atoms with Gasteiger partial charge < -0.3 is 10.4 Å². The second-order valence-corrected chi connectivity index (χ2v) is 5.53. The molecule has 2 aromatic carbocycles. The SMILES string of the molecule is CCC1CCCC1Nc1cccc2c(O)cccc12. The van der Waals surface area contributed by atoms with Crippen LogP contribution in [0.4, 0.5) is 5.69 Å². The van der Waals surface area contributed by atoms with Gasteiger partial charge in [0, 0.05) is 22.5 Å². The Morgan fingerprint density at radius 1 is 1.11 bits per heavy atom. The number of fused-ring (bicyclic) bond motifs is 1. The van der Waals surface area contributed by atoms with Gasteiger partial charge >= 0.3 is 0 Å². The fourth-order valence-electron chi connectivity index (χ4n) is 3.33. The number of rotatable bonds is 3. The van der Waals surface area contributed by atoms with E-state index in [1.165, 1.54) is 25.7 Å². The van der Waals surface area contributed by atoms with E-state index >= 15 is 0 Å². The van der Waals surface area contributed by atoms with Gasteiger partial charge in [0.15, 0.2) is 0 Å². The van der Waals surface area contributed by atoms with Crippen LogP contribution in [0, 0.1) is 5.92 Å². The monoisotopic (exact) mass is 255 g/mol. The molecule has 0 aliphatic heterocycles. The zero-order chi connectivity index (χ0) is 13.2. The average molecular weight is 255 g/mol. The lowest BCUT2D eigenvalue weighted by Gasteiger charge is -2.22. The molecule has 2 unspecified atom stereocenters. The first-order valence-corrected chi connectivity index (χ1v) is 7.27. The van der Waals surface area contributed by atoms with Crippen LogP contribution in [-0.4, -0.2) is 11.1 Å². The molecule has 0 aromatic heterocycles. The molecule has 19 heavy (non-hydrogen) atoms. The van der Waals surface area contributed by atoms with E-state index < -0.39 is 0 Å². The summed E-state index contributed by atoms with van der Waals surface area (Å²) >= 11 is 0. The Morgan fingerprint density at radius 2 is 1.89 bits per heavy atom. The van der Waals surface area contributed by atoms with E-state index in [9.17, 15) is 5.11 Å². The molecule has 2 N–H and O–H groups in total. The van der Waals surface area contributed by atoms with Gasteiger partial charge in [-0.15, -0.1) is 0 Å². The number of hydrogen-bond donors (Lipinski definition) is 2. The highest BCUT2D eigenvalue weighted by Gasteiger charge is 2.25. The summed E-state index contributed by atoms with van der Waals surface area (Å²) in [4.78, 5) is 0. The summed E-state index contributed by atoms with van der Waals surface area (Å²) in [5.74, 6) is 1.15. The fraction of sp³-hybridized carbons (Fsp3) is 0.412. The first-order valence-electron chi connectivity index (χ1n) is 7.27. The van der Waals surface area contributed by atoms with Crippen LogP contribution in [0.3, 0.4) is 0 Å². The van der Waals surface area contributed by atoms with Crippen molar-refractivity contribution < 1.29 is 5.11 Å². The Balaban J connectivity index is 1.95. The van der Waals surface area contributed by atoms with Crippen molar-refractivity contribution in [1.29, 1.82) is 0 Å². The van der Waals surface area contributed by atoms with E-state index in [0.29, 0.717) is 11.8 Å². The van der Waals surface area contributed by atoms with Gasteiger partial charge in [-0.3, -0.25) is 0 Å². The highest BCUT2D eigenvalue weighted by Crippen LogP contribution is 2.34. The van der Waals surface area contributed by atoms with Crippen molar-refractivity contribution in [2.75, 3.05) is 5.32 Å². The molecule has 1 aliphatic carbocycles. The predicted molar refractivity (Wildman–Crippen MR) is 80.7 cm³/mol. The maximum atomic E-state index is 9.93. The Labute approximate surface area is 114 Å². The zero-order valence-corrected chi connectivity index (χ0v) is 11.4. The second-order valence-electron chi connectivity index (χ2n) is 5.53. The number of hydrogen-bond acceptors (Lipinski definition) is 2. The van der Waals surface area contributed by atoms with Crippen LogP contribution in [0.15, 0.2) is 36.4 Å². The zero-order valence-electron chi connectivity index (χ0n) is 11.4. The Hall–Kier alpha value is -1.70. The minimum Gasteiger partial charge on any atom is -0.507 e. The maximum Gasteiger partial charge on any atom is 0.123 e. The number of anilines is 1. The van der Waals surface area contributed by atoms with E-state index in [1.54, 1.807) is 6.07 Å². The quantitative estimate of drug-likeness (QED) is 0.844. The molecular formula is C17H21NO. The van der Waals surface area contributed by atoms with Gasteiger partial charge in [0.1, 0.15) is 5.75 Å². The third kappa shape index (κ3) is 2.27. The minimum absolute atomic E-state index is 0.361. The van der Waals surface area contributed by atoms with Gasteiger partial charge in [-0.2, -0.15) is 0 Å². The molecule has 2 heteroatoms. The minimum atomic E-state index is 0.361. The Bertz CT molecular complexity index is 578. The van der Waals surface area contributed by atoms with Crippen molar-refractivity contribution in [3.63, 3.8) is 0 Å². The molecule has 0 heterocycles. The molecule has 100 valence electrons. The van der Waals surface area contributed by atoms with Crippen LogP contribution < -0.4 is 5.32 Å². The molecule has 0 radical (unpaired) electrons. The van der Waals surface area contributed by atoms with E-state index in [0.717, 1.165) is 22.4 Å². The topological polar surface area (TPSA) is 32.3 Å². The van der Waals surface area contributed by atoms with E-state index in [1.807, 2.05) is 18.2 Å². The predicted octanol–water partition coefficient (Wildman–Crippen LogP) is 4.54. The van der Waals surface area contributed by atoms with Crippen molar-refractivity contribution in [3.8, 4) is 5.75 Å². The first-order chi connectivity index (χ1) is 9.29. The lowest BCUT2D eigenvalue weighted by Crippen LogP contribution is -2.23. The van der Waals surface area contributed by atoms with Gasteiger partial charge in [-0.05, 0) is 30.9 Å². The molecule has 0 spiro atoms. The van der Waals surface area contributed by atoms with Crippen LogP contribution in [0.1, 0.15) is 32.6 Å². The highest BCUT2D eigenvalue weighted by molar-refractivity contribution is 5.97. The lowest BCUT2D eigenvalue weighted by atomic mass is 9.99. The molecule has 2 atom stereocenters. The first kappa shape index (κ1) is 12.3. The molecule has 0 amide bonds. The molecule has 1 aliphatic rings. The van der Waals surface area contributed by atoms with Crippen molar-refractivity contribution in [3.05, 3.63) is 36.4 Å². The number of phenols is 1. The van der Waals surface area contributed by atoms with Gasteiger partial charge in [-0.25, -0.2) is 0 Å². The van der Waals surface area contributed by atoms with Gasteiger partial charge in [0.25, 0.3) is 0 Å². The third-order valence-electron chi connectivity index (χ3n) is 4.42. The maximum absolute atomic E-state index is 9.93. The molecule has 0 bridgehead atoms. The molecular weight excluding hydrogens is 234 g/mol. The number of nitrogens with one attached hydrogen (secondary N) is 1. The van der Waals surface area contributed by atoms with Gasteiger partial charge in [-0.1, -0.05) is 44.0 Å². The normalized spacial score (nSPS) is 22.8. The summed E-state index contributed by atoms with van der Waals surface area (Å²) in [6.45, 7) is 2.28. The van der Waals surface area contributed by atoms with Crippen molar-refractivity contribution in [2.24, 2.45) is 5.92 Å². The lowest BCUT2D eigenvalue weighted by molar-refractivity contribution is 0.481. The number of benzene rings is 2. The molecule has 0 saturated heterocycles. The fourth-order valence-corrected chi connectivity index (χ4v) is 3.33. The molecule has 1 saturated carbocycles. The second kappa shape index (κ2) is 5.12. The summed E-state index contributed by atoms with van der Waals surface area (Å²) < 4.78 is 0. The molecule has 2 aromatic rings. The van der Waals surface area contributed by atoms with Crippen LogP contribution in [0.5, 0.6) is 5.75 Å².